The van der Waals surface area contributed by atoms with Crippen LogP contribution in [0.4, 0.5) is 5.69 Å². The van der Waals surface area contributed by atoms with Crippen molar-refractivity contribution in [3.8, 4) is 0 Å². The van der Waals surface area contributed by atoms with E-state index in [1.54, 1.807) is 0 Å². The Hall–Kier alpha value is -1.03. The molecule has 2 nitrogen and oxygen atoms in total. The van der Waals surface area contributed by atoms with Gasteiger partial charge in [0.25, 0.3) is 0 Å². The third-order valence-corrected chi connectivity index (χ3v) is 7.55. The second-order valence-electron chi connectivity index (χ2n) is 9.08. The van der Waals surface area contributed by atoms with E-state index in [1.807, 2.05) is 0 Å². The number of benzene rings is 2. The fourth-order valence-electron chi connectivity index (χ4n) is 4.22. The molecule has 0 atom stereocenters. The van der Waals surface area contributed by atoms with Gasteiger partial charge in [0.1, 0.15) is 0 Å². The molecule has 5 heteroatoms. The van der Waals surface area contributed by atoms with Crippen LogP contribution in [0.1, 0.15) is 48.1 Å². The number of nitrogens with one attached hydrogen (secondary N) is 1. The summed E-state index contributed by atoms with van der Waals surface area (Å²) in [6, 6.07) is 13.6. The number of nitrogens with zero attached hydrogens (tertiary/aromatic N) is 1. The summed E-state index contributed by atoms with van der Waals surface area (Å²) in [4.78, 5) is 2.24. The van der Waals surface area contributed by atoms with E-state index in [9.17, 15) is 0 Å². The molecular weight excluding hydrogens is 459 g/mol. The van der Waals surface area contributed by atoms with Crippen LogP contribution in [0.3, 0.4) is 0 Å². The molecule has 0 bridgehead atoms. The Balaban J connectivity index is 0.00000240. The Morgan fingerprint density at radius 2 is 1.61 bits per heavy atom. The number of hydrogen-bond acceptors (Lipinski definition) is 2. The molecule has 0 saturated carbocycles. The summed E-state index contributed by atoms with van der Waals surface area (Å²) in [6.07, 6.45) is 5.82. The molecule has 0 radical (unpaired) electrons. The third-order valence-electron chi connectivity index (χ3n) is 5.57. The summed E-state index contributed by atoms with van der Waals surface area (Å²) >= 11 is -0.445. The Kier molecular flexibility index (Phi) is 10.6. The van der Waals surface area contributed by atoms with Crippen molar-refractivity contribution in [1.82, 2.24) is 4.90 Å². The molecular formula is C26H36Cl2N2Ti. The first kappa shape index (κ1) is 28.0. The van der Waals surface area contributed by atoms with Gasteiger partial charge in [-0.1, -0.05) is 0 Å². The minimum Gasteiger partial charge on any atom is -0.147 e. The van der Waals surface area contributed by atoms with Crippen LogP contribution in [0, 0.1) is 20.8 Å². The van der Waals surface area contributed by atoms with Gasteiger partial charge in [0.2, 0.25) is 0 Å². The summed E-state index contributed by atoms with van der Waals surface area (Å²) < 4.78 is 4.03. The van der Waals surface area contributed by atoms with Gasteiger partial charge in [0.15, 0.2) is 0 Å². The van der Waals surface area contributed by atoms with Gasteiger partial charge < -0.3 is 0 Å². The van der Waals surface area contributed by atoms with Crippen LogP contribution in [0.15, 0.2) is 54.1 Å². The predicted molar refractivity (Wildman–Crippen MR) is 137 cm³/mol. The van der Waals surface area contributed by atoms with Crippen LogP contribution in [0.25, 0.3) is 5.57 Å². The Morgan fingerprint density at radius 3 is 2.23 bits per heavy atom. The Bertz CT molecular complexity index is 939. The molecule has 31 heavy (non-hydrogen) atoms. The number of hydrogen-bond donors (Lipinski definition) is 1. The zero-order valence-electron chi connectivity index (χ0n) is 19.8. The molecule has 0 unspecified atom stereocenters. The van der Waals surface area contributed by atoms with Crippen LogP contribution in [0.2, 0.25) is 0 Å². The average Bonchev–Trinajstić information content (AvgIpc) is 3.08. The summed E-state index contributed by atoms with van der Waals surface area (Å²) in [6.45, 7) is 12.4. The first-order valence-corrected chi connectivity index (χ1v) is 12.0. The number of allylic oxidation sites excluding steroid dienone is 2. The molecule has 1 aliphatic carbocycles. The molecule has 0 amide bonds. The van der Waals surface area contributed by atoms with Gasteiger partial charge in [0, 0.05) is 0 Å². The van der Waals surface area contributed by atoms with Crippen LogP contribution in [-0.2, 0) is 23.1 Å². The van der Waals surface area contributed by atoms with E-state index in [0.717, 1.165) is 13.0 Å². The van der Waals surface area contributed by atoms with E-state index < -0.39 is 19.4 Å². The van der Waals surface area contributed by atoms with Gasteiger partial charge in [-0.05, 0) is 0 Å². The van der Waals surface area contributed by atoms with Crippen LogP contribution < -0.4 is 3.80 Å². The standard InChI is InChI=1S/C17H22N.C9H12N.2ClH.Ti/c1-13(2)16-7-5-6-8-17(16)15-10-9-14(11-15)12-18(3)4;1-6-4-7(2)9(10)8(3)5-6;;;/h5-9,11H,10,12H2,1-4H3;4-5,10H,1-3H3;2*1H;/q;-1;;;+1. The second-order valence-corrected chi connectivity index (χ2v) is 11.8. The number of aryl methyl sites for hydroxylation is 3. The van der Waals surface area contributed by atoms with Crippen molar-refractivity contribution < 1.29 is 19.4 Å². The van der Waals surface area contributed by atoms with Crippen molar-refractivity contribution in [2.24, 2.45) is 0 Å². The van der Waals surface area contributed by atoms with E-state index in [2.05, 4.69) is 106 Å². The summed E-state index contributed by atoms with van der Waals surface area (Å²) in [7, 11) is 4.27. The Morgan fingerprint density at radius 1 is 1.00 bits per heavy atom. The smallest absolute Gasteiger partial charge is 0.147 e. The summed E-state index contributed by atoms with van der Waals surface area (Å²) in [5, 5.41) is 0. The molecule has 1 N–H and O–H groups in total. The van der Waals surface area contributed by atoms with E-state index in [4.69, 9.17) is 0 Å². The first-order valence-electron chi connectivity index (χ1n) is 10.4. The molecule has 168 valence electrons. The minimum atomic E-state index is -0.445. The third kappa shape index (κ3) is 6.98. The molecule has 2 aromatic carbocycles. The molecule has 0 spiro atoms. The average molecular weight is 495 g/mol. The zero-order valence-corrected chi connectivity index (χ0v) is 23.0. The van der Waals surface area contributed by atoms with Gasteiger partial charge in [-0.25, -0.2) is 0 Å². The van der Waals surface area contributed by atoms with Gasteiger partial charge in [-0.2, -0.15) is 0 Å². The molecule has 0 aliphatic heterocycles. The maximum atomic E-state index is 3.89. The SMILES string of the molecule is Cc1cc(C)c([NH][Ti][C](C)(C)c2ccccc2C2=CC(CN(C)C)=CC2)c(C)c1.Cl.Cl. The zero-order chi connectivity index (χ0) is 21.2. The molecule has 0 saturated heterocycles. The number of likely N-dealkylation sites (N-methyl/N-ethyl adjacent to an activating group) is 1. The van der Waals surface area contributed by atoms with Crippen LogP contribution in [0.5, 0.6) is 0 Å². The monoisotopic (exact) mass is 494 g/mol. The Labute approximate surface area is 210 Å². The molecule has 3 rings (SSSR count). The fraction of sp³-hybridized carbons (Fsp3) is 0.385. The van der Waals surface area contributed by atoms with Crippen molar-refractivity contribution in [2.75, 3.05) is 24.4 Å². The normalized spacial score (nSPS) is 13.2. The number of anilines is 1. The largest absolute Gasteiger partial charge is 0.147 e. The van der Waals surface area contributed by atoms with Crippen molar-refractivity contribution in [3.05, 3.63) is 81.9 Å². The maximum Gasteiger partial charge on any atom is -0.147 e. The number of halogens is 2. The molecule has 1 aliphatic rings. The molecule has 2 aromatic rings. The summed E-state index contributed by atoms with van der Waals surface area (Å²) in [5.74, 6) is 0. The van der Waals surface area contributed by atoms with Gasteiger partial charge in [-0.15, -0.1) is 24.8 Å². The van der Waals surface area contributed by atoms with Crippen LogP contribution >= 0.6 is 24.8 Å². The van der Waals surface area contributed by atoms with Gasteiger partial charge >= 0.3 is 187 Å². The first-order chi connectivity index (χ1) is 13.7. The minimum absolute atomic E-state index is 0. The van der Waals surface area contributed by atoms with Gasteiger partial charge in [0.05, 0.1) is 0 Å². The van der Waals surface area contributed by atoms with Crippen molar-refractivity contribution in [3.63, 3.8) is 0 Å². The van der Waals surface area contributed by atoms with E-state index in [0.29, 0.717) is 0 Å². The molecule has 0 aromatic heterocycles. The van der Waals surface area contributed by atoms with Crippen molar-refractivity contribution in [1.29, 1.82) is 0 Å². The quantitative estimate of drug-likeness (QED) is 0.413. The predicted octanol–water partition coefficient (Wildman–Crippen LogP) is 7.08. The van der Waals surface area contributed by atoms with E-state index in [-0.39, 0.29) is 28.5 Å². The fourth-order valence-corrected chi connectivity index (χ4v) is 6.07. The van der Waals surface area contributed by atoms with Crippen LogP contribution in [-0.4, -0.2) is 25.5 Å². The van der Waals surface area contributed by atoms with Crippen molar-refractivity contribution in [2.45, 2.75) is 44.8 Å². The van der Waals surface area contributed by atoms with E-state index in [1.165, 1.54) is 44.7 Å². The van der Waals surface area contributed by atoms with Gasteiger partial charge in [-0.3, -0.25) is 0 Å². The topological polar surface area (TPSA) is 15.3 Å². The maximum absolute atomic E-state index is 3.89. The number of rotatable bonds is 7. The van der Waals surface area contributed by atoms with E-state index >= 15 is 0 Å². The molecule has 0 fully saturated rings. The summed E-state index contributed by atoms with van der Waals surface area (Å²) in [5.41, 5.74) is 11.2. The second kappa shape index (κ2) is 11.7. The van der Waals surface area contributed by atoms with Crippen molar-refractivity contribution >= 4 is 36.1 Å². The molecule has 0 heterocycles.